The van der Waals surface area contributed by atoms with E-state index >= 15 is 0 Å². The number of hydrogen-bond acceptors (Lipinski definition) is 0. The standard InChI is InChI=1S/C6H13ClSi/c1-4-5-6-8(2,3)7/h4-5H,6H2,1-3H3. The van der Waals surface area contributed by atoms with Crippen LogP contribution in [0.4, 0.5) is 0 Å². The minimum atomic E-state index is -1.29. The van der Waals surface area contributed by atoms with E-state index < -0.39 is 7.38 Å². The molecule has 8 heavy (non-hydrogen) atoms. The number of rotatable bonds is 2. The Bertz CT molecular complexity index is 81.0. The summed E-state index contributed by atoms with van der Waals surface area (Å²) in [6.45, 7) is 6.32. The van der Waals surface area contributed by atoms with E-state index in [1.165, 1.54) is 0 Å². The van der Waals surface area contributed by atoms with E-state index in [0.717, 1.165) is 6.04 Å². The highest BCUT2D eigenvalue weighted by molar-refractivity contribution is 7.19. The van der Waals surface area contributed by atoms with Crippen LogP contribution in [0.2, 0.25) is 19.1 Å². The first kappa shape index (κ1) is 8.25. The van der Waals surface area contributed by atoms with E-state index in [1.807, 2.05) is 6.92 Å². The zero-order valence-electron chi connectivity index (χ0n) is 5.74. The molecule has 0 aromatic rings. The van der Waals surface area contributed by atoms with Crippen molar-refractivity contribution < 1.29 is 0 Å². The first-order valence-corrected chi connectivity index (χ1v) is 7.08. The van der Waals surface area contributed by atoms with E-state index in [9.17, 15) is 0 Å². The monoisotopic (exact) mass is 148 g/mol. The van der Waals surface area contributed by atoms with Gasteiger partial charge in [0.1, 0.15) is 0 Å². The highest BCUT2D eigenvalue weighted by Gasteiger charge is 2.13. The molecule has 48 valence electrons. The Labute approximate surface area is 57.3 Å². The summed E-state index contributed by atoms with van der Waals surface area (Å²) < 4.78 is 0. The van der Waals surface area contributed by atoms with Gasteiger partial charge in [0.15, 0.2) is 7.38 Å². The Morgan fingerprint density at radius 1 is 1.50 bits per heavy atom. The molecule has 0 nitrogen and oxygen atoms in total. The number of hydrogen-bond donors (Lipinski definition) is 0. The van der Waals surface area contributed by atoms with Crippen LogP contribution < -0.4 is 0 Å². The van der Waals surface area contributed by atoms with Crippen molar-refractivity contribution in [2.24, 2.45) is 0 Å². The Morgan fingerprint density at radius 2 is 2.00 bits per heavy atom. The molecule has 0 heterocycles. The predicted octanol–water partition coefficient (Wildman–Crippen LogP) is 3.01. The minimum Gasteiger partial charge on any atom is -0.167 e. The molecule has 0 unspecified atom stereocenters. The lowest BCUT2D eigenvalue weighted by atomic mass is 10.6. The SMILES string of the molecule is CC=CC[Si](C)(C)Cl. The van der Waals surface area contributed by atoms with Crippen LogP contribution in [-0.2, 0) is 0 Å². The van der Waals surface area contributed by atoms with Gasteiger partial charge in [-0.3, -0.25) is 0 Å². The smallest absolute Gasteiger partial charge is 0.154 e. The fourth-order valence-corrected chi connectivity index (χ4v) is 1.46. The van der Waals surface area contributed by atoms with Crippen LogP contribution in [0.3, 0.4) is 0 Å². The molecule has 0 N–H and O–H groups in total. The van der Waals surface area contributed by atoms with Crippen LogP contribution in [0.1, 0.15) is 6.92 Å². The third-order valence-corrected chi connectivity index (χ3v) is 2.51. The Kier molecular flexibility index (Phi) is 3.41. The summed E-state index contributed by atoms with van der Waals surface area (Å²) in [6, 6.07) is 1.09. The summed E-state index contributed by atoms with van der Waals surface area (Å²) in [6.07, 6.45) is 4.19. The molecule has 0 atom stereocenters. The van der Waals surface area contributed by atoms with Gasteiger partial charge in [0.25, 0.3) is 0 Å². The first-order valence-electron chi connectivity index (χ1n) is 2.86. The van der Waals surface area contributed by atoms with Crippen LogP contribution in [0, 0.1) is 0 Å². The van der Waals surface area contributed by atoms with Crippen LogP contribution in [0.25, 0.3) is 0 Å². The molecule has 0 aliphatic carbocycles. The van der Waals surface area contributed by atoms with Gasteiger partial charge in [-0.2, -0.15) is 11.1 Å². The Balaban J connectivity index is 3.39. The molecule has 0 aromatic carbocycles. The molecule has 0 aromatic heterocycles. The molecular weight excluding hydrogens is 136 g/mol. The van der Waals surface area contributed by atoms with Crippen molar-refractivity contribution in [3.63, 3.8) is 0 Å². The van der Waals surface area contributed by atoms with Gasteiger partial charge >= 0.3 is 0 Å². The summed E-state index contributed by atoms with van der Waals surface area (Å²) in [7, 11) is -1.29. The number of halogens is 1. The number of allylic oxidation sites excluding steroid dienone is 2. The maximum Gasteiger partial charge on any atom is 0.154 e. The summed E-state index contributed by atoms with van der Waals surface area (Å²) in [5, 5.41) is 0. The molecule has 0 saturated heterocycles. The van der Waals surface area contributed by atoms with Crippen molar-refractivity contribution >= 4 is 18.5 Å². The molecule has 0 fully saturated rings. The van der Waals surface area contributed by atoms with Gasteiger partial charge in [-0.15, -0.1) is 0 Å². The second-order valence-electron chi connectivity index (χ2n) is 2.49. The van der Waals surface area contributed by atoms with Crippen molar-refractivity contribution in [1.29, 1.82) is 0 Å². The first-order chi connectivity index (χ1) is 3.56. The molecule has 0 spiro atoms. The summed E-state index contributed by atoms with van der Waals surface area (Å²) in [5.74, 6) is 0. The van der Waals surface area contributed by atoms with Crippen LogP contribution in [0.5, 0.6) is 0 Å². The lowest BCUT2D eigenvalue weighted by Gasteiger charge is -2.07. The van der Waals surface area contributed by atoms with Crippen molar-refractivity contribution in [2.45, 2.75) is 26.1 Å². The second-order valence-corrected chi connectivity index (χ2v) is 9.41. The summed E-state index contributed by atoms with van der Waals surface area (Å²) in [5.41, 5.74) is 0. The molecule has 0 saturated carbocycles. The van der Waals surface area contributed by atoms with Gasteiger partial charge in [-0.1, -0.05) is 25.2 Å². The van der Waals surface area contributed by atoms with E-state index in [4.69, 9.17) is 11.1 Å². The van der Waals surface area contributed by atoms with Gasteiger partial charge in [-0.05, 0) is 13.0 Å². The largest absolute Gasteiger partial charge is 0.167 e. The van der Waals surface area contributed by atoms with Crippen molar-refractivity contribution in [3.05, 3.63) is 12.2 Å². The van der Waals surface area contributed by atoms with Gasteiger partial charge in [0, 0.05) is 0 Å². The molecule has 0 amide bonds. The van der Waals surface area contributed by atoms with E-state index in [0.29, 0.717) is 0 Å². The quantitative estimate of drug-likeness (QED) is 0.321. The van der Waals surface area contributed by atoms with E-state index in [-0.39, 0.29) is 0 Å². The summed E-state index contributed by atoms with van der Waals surface area (Å²) in [4.78, 5) is 0. The molecular formula is C6H13ClSi. The molecule has 0 aliphatic heterocycles. The normalized spacial score (nSPS) is 13.0. The molecule has 0 aliphatic rings. The predicted molar refractivity (Wildman–Crippen MR) is 43.0 cm³/mol. The van der Waals surface area contributed by atoms with Gasteiger partial charge < -0.3 is 0 Å². The van der Waals surface area contributed by atoms with E-state index in [2.05, 4.69) is 25.2 Å². The Hall–Kier alpha value is 0.247. The van der Waals surface area contributed by atoms with Gasteiger partial charge in [0.2, 0.25) is 0 Å². The molecule has 0 radical (unpaired) electrons. The molecule has 2 heteroatoms. The van der Waals surface area contributed by atoms with Crippen molar-refractivity contribution in [3.8, 4) is 0 Å². The van der Waals surface area contributed by atoms with Crippen LogP contribution in [0.15, 0.2) is 12.2 Å². The average Bonchev–Trinajstić information content (AvgIpc) is 1.59. The fraction of sp³-hybridized carbons (Fsp3) is 0.667. The Morgan fingerprint density at radius 3 is 2.12 bits per heavy atom. The van der Waals surface area contributed by atoms with Crippen LogP contribution in [-0.4, -0.2) is 7.38 Å². The van der Waals surface area contributed by atoms with Crippen LogP contribution >= 0.6 is 11.1 Å². The maximum atomic E-state index is 6.00. The third kappa shape index (κ3) is 6.25. The molecule has 0 rings (SSSR count). The van der Waals surface area contributed by atoms with Crippen molar-refractivity contribution in [2.75, 3.05) is 0 Å². The van der Waals surface area contributed by atoms with Gasteiger partial charge in [0.05, 0.1) is 0 Å². The zero-order chi connectivity index (χ0) is 6.62. The highest BCUT2D eigenvalue weighted by atomic mass is 35.6. The average molecular weight is 149 g/mol. The molecule has 0 bridgehead atoms. The van der Waals surface area contributed by atoms with E-state index in [1.54, 1.807) is 0 Å². The highest BCUT2D eigenvalue weighted by Crippen LogP contribution is 2.13. The second kappa shape index (κ2) is 3.31. The zero-order valence-corrected chi connectivity index (χ0v) is 7.50. The summed E-state index contributed by atoms with van der Waals surface area (Å²) >= 11 is 6.00. The topological polar surface area (TPSA) is 0 Å². The van der Waals surface area contributed by atoms with Gasteiger partial charge in [-0.25, -0.2) is 0 Å². The lowest BCUT2D eigenvalue weighted by molar-refractivity contribution is 1.55. The maximum absolute atomic E-state index is 6.00. The fourth-order valence-electron chi connectivity index (χ4n) is 0.398. The minimum absolute atomic E-state index is 1.09. The van der Waals surface area contributed by atoms with Crippen molar-refractivity contribution in [1.82, 2.24) is 0 Å². The third-order valence-electron chi connectivity index (χ3n) is 0.839. The lowest BCUT2D eigenvalue weighted by Crippen LogP contribution is -2.13.